The van der Waals surface area contributed by atoms with E-state index in [9.17, 15) is 9.59 Å². The molecule has 0 spiro atoms. The summed E-state index contributed by atoms with van der Waals surface area (Å²) < 4.78 is 5.04. The standard InChI is InChI=1S/C16H22N2O3/c1-10(2)11-4-6-12(7-5-11)18-16(20)13-8-14(19)15(21-3)9-17-13/h4-7,10,13,15,17H,8-9H2,1-3H3,(H,18,20). The molecule has 1 aliphatic heterocycles. The Labute approximate surface area is 125 Å². The number of benzene rings is 1. The van der Waals surface area contributed by atoms with E-state index in [0.29, 0.717) is 12.5 Å². The van der Waals surface area contributed by atoms with Crippen molar-refractivity contribution in [2.45, 2.75) is 38.3 Å². The molecule has 1 aromatic rings. The number of Topliss-reactive ketones (excluding diaryl/α,β-unsaturated/α-hetero) is 1. The predicted molar refractivity (Wildman–Crippen MR) is 81.4 cm³/mol. The molecular weight excluding hydrogens is 268 g/mol. The molecule has 21 heavy (non-hydrogen) atoms. The number of anilines is 1. The lowest BCUT2D eigenvalue weighted by Crippen LogP contribution is -2.53. The van der Waals surface area contributed by atoms with Gasteiger partial charge in [0, 0.05) is 25.8 Å². The molecule has 114 valence electrons. The van der Waals surface area contributed by atoms with Crippen LogP contribution in [-0.4, -0.2) is 37.5 Å². The fourth-order valence-corrected chi connectivity index (χ4v) is 2.35. The third-order valence-corrected chi connectivity index (χ3v) is 3.76. The van der Waals surface area contributed by atoms with Crippen LogP contribution in [0, 0.1) is 0 Å². The lowest BCUT2D eigenvalue weighted by atomic mass is 10.00. The zero-order valence-electron chi connectivity index (χ0n) is 12.7. The molecule has 1 aliphatic rings. The maximum absolute atomic E-state index is 12.2. The van der Waals surface area contributed by atoms with Crippen molar-refractivity contribution in [1.29, 1.82) is 0 Å². The van der Waals surface area contributed by atoms with Crippen molar-refractivity contribution in [1.82, 2.24) is 5.32 Å². The Hall–Kier alpha value is -1.72. The maximum Gasteiger partial charge on any atom is 0.241 e. The molecule has 0 aliphatic carbocycles. The van der Waals surface area contributed by atoms with Crippen LogP contribution in [0.3, 0.4) is 0 Å². The SMILES string of the molecule is COC1CNC(C(=O)Nc2ccc(C(C)C)cc2)CC1=O. The predicted octanol–water partition coefficient (Wildman–Crippen LogP) is 1.69. The second-order valence-electron chi connectivity index (χ2n) is 5.62. The van der Waals surface area contributed by atoms with Gasteiger partial charge in [-0.1, -0.05) is 26.0 Å². The first-order chi connectivity index (χ1) is 10.0. The van der Waals surface area contributed by atoms with Crippen molar-refractivity contribution in [3.63, 3.8) is 0 Å². The Morgan fingerprint density at radius 3 is 2.52 bits per heavy atom. The summed E-state index contributed by atoms with van der Waals surface area (Å²) in [5.74, 6) is 0.236. The van der Waals surface area contributed by atoms with Gasteiger partial charge in [-0.15, -0.1) is 0 Å². The molecule has 0 aromatic heterocycles. The van der Waals surface area contributed by atoms with Gasteiger partial charge in [0.15, 0.2) is 5.78 Å². The van der Waals surface area contributed by atoms with E-state index in [-0.39, 0.29) is 18.1 Å². The summed E-state index contributed by atoms with van der Waals surface area (Å²) in [6, 6.07) is 7.28. The minimum absolute atomic E-state index is 0.0356. The van der Waals surface area contributed by atoms with Crippen LogP contribution in [0.4, 0.5) is 5.69 Å². The van der Waals surface area contributed by atoms with E-state index in [2.05, 4.69) is 24.5 Å². The summed E-state index contributed by atoms with van der Waals surface area (Å²) in [6.45, 7) is 4.62. The minimum atomic E-state index is -0.492. The number of piperidine rings is 1. The first kappa shape index (κ1) is 15.7. The Morgan fingerprint density at radius 2 is 2.00 bits per heavy atom. The van der Waals surface area contributed by atoms with Gasteiger partial charge in [0.25, 0.3) is 0 Å². The summed E-state index contributed by atoms with van der Waals surface area (Å²) in [6.07, 6.45) is -0.284. The van der Waals surface area contributed by atoms with Crippen LogP contribution in [-0.2, 0) is 14.3 Å². The summed E-state index contributed by atoms with van der Waals surface area (Å²) in [5.41, 5.74) is 1.97. The fraction of sp³-hybridized carbons (Fsp3) is 0.500. The Kier molecular flexibility index (Phi) is 5.09. The van der Waals surface area contributed by atoms with Crippen LogP contribution < -0.4 is 10.6 Å². The molecule has 2 atom stereocenters. The van der Waals surface area contributed by atoms with Gasteiger partial charge in [-0.2, -0.15) is 0 Å². The van der Waals surface area contributed by atoms with Crippen LogP contribution >= 0.6 is 0 Å². The van der Waals surface area contributed by atoms with Gasteiger partial charge in [0.2, 0.25) is 5.91 Å². The number of amides is 1. The first-order valence-corrected chi connectivity index (χ1v) is 7.21. The molecular formula is C16H22N2O3. The smallest absolute Gasteiger partial charge is 0.241 e. The summed E-state index contributed by atoms with van der Waals surface area (Å²) in [5, 5.41) is 5.88. The van der Waals surface area contributed by atoms with E-state index in [0.717, 1.165) is 5.69 Å². The summed E-state index contributed by atoms with van der Waals surface area (Å²) in [7, 11) is 1.50. The van der Waals surface area contributed by atoms with Gasteiger partial charge >= 0.3 is 0 Å². The third kappa shape index (κ3) is 3.89. The lowest BCUT2D eigenvalue weighted by Gasteiger charge is -2.27. The highest BCUT2D eigenvalue weighted by atomic mass is 16.5. The number of rotatable bonds is 4. The van der Waals surface area contributed by atoms with Crippen LogP contribution in [0.2, 0.25) is 0 Å². The summed E-state index contributed by atoms with van der Waals surface area (Å²) >= 11 is 0. The number of carbonyl (C=O) groups excluding carboxylic acids is 2. The highest BCUT2D eigenvalue weighted by Crippen LogP contribution is 2.17. The van der Waals surface area contributed by atoms with E-state index < -0.39 is 12.1 Å². The van der Waals surface area contributed by atoms with Crippen molar-refractivity contribution in [3.05, 3.63) is 29.8 Å². The lowest BCUT2D eigenvalue weighted by molar-refractivity contribution is -0.134. The van der Waals surface area contributed by atoms with Gasteiger partial charge in [-0.05, 0) is 23.6 Å². The van der Waals surface area contributed by atoms with Gasteiger partial charge in [0.1, 0.15) is 6.10 Å². The third-order valence-electron chi connectivity index (χ3n) is 3.76. The number of nitrogens with one attached hydrogen (secondary N) is 2. The van der Waals surface area contributed by atoms with Crippen molar-refractivity contribution in [3.8, 4) is 0 Å². The van der Waals surface area contributed by atoms with Crippen LogP contribution in [0.15, 0.2) is 24.3 Å². The largest absolute Gasteiger partial charge is 0.372 e. The fourth-order valence-electron chi connectivity index (χ4n) is 2.35. The molecule has 2 unspecified atom stereocenters. The number of ether oxygens (including phenoxy) is 1. The van der Waals surface area contributed by atoms with E-state index in [1.165, 1.54) is 12.7 Å². The van der Waals surface area contributed by atoms with Crippen molar-refractivity contribution in [2.24, 2.45) is 0 Å². The second kappa shape index (κ2) is 6.83. The number of ketones is 1. The van der Waals surface area contributed by atoms with Gasteiger partial charge in [-0.25, -0.2) is 0 Å². The number of hydrogen-bond donors (Lipinski definition) is 2. The highest BCUT2D eigenvalue weighted by molar-refractivity contribution is 5.99. The van der Waals surface area contributed by atoms with Crippen molar-refractivity contribution < 1.29 is 14.3 Å². The number of carbonyl (C=O) groups is 2. The zero-order valence-corrected chi connectivity index (χ0v) is 12.7. The molecule has 0 saturated carbocycles. The summed E-state index contributed by atoms with van der Waals surface area (Å²) in [4.78, 5) is 23.9. The van der Waals surface area contributed by atoms with Crippen LogP contribution in [0.25, 0.3) is 0 Å². The normalized spacial score (nSPS) is 22.4. The molecule has 1 amide bonds. The first-order valence-electron chi connectivity index (χ1n) is 7.21. The van der Waals surface area contributed by atoms with Gasteiger partial charge in [0.05, 0.1) is 6.04 Å². The Balaban J connectivity index is 1.94. The van der Waals surface area contributed by atoms with E-state index >= 15 is 0 Å². The maximum atomic E-state index is 12.2. The molecule has 1 saturated heterocycles. The van der Waals surface area contributed by atoms with Crippen molar-refractivity contribution in [2.75, 3.05) is 19.0 Å². The molecule has 1 fully saturated rings. The quantitative estimate of drug-likeness (QED) is 0.885. The molecule has 5 nitrogen and oxygen atoms in total. The monoisotopic (exact) mass is 290 g/mol. The molecule has 1 aromatic carbocycles. The average Bonchev–Trinajstić information content (AvgIpc) is 2.47. The second-order valence-corrected chi connectivity index (χ2v) is 5.62. The highest BCUT2D eigenvalue weighted by Gasteiger charge is 2.31. The molecule has 5 heteroatoms. The van der Waals surface area contributed by atoms with Crippen molar-refractivity contribution >= 4 is 17.4 Å². The van der Waals surface area contributed by atoms with E-state index in [4.69, 9.17) is 4.74 Å². The Bertz CT molecular complexity index is 511. The van der Waals surface area contributed by atoms with Gasteiger partial charge in [-0.3, -0.25) is 9.59 Å². The minimum Gasteiger partial charge on any atom is -0.372 e. The average molecular weight is 290 g/mol. The van der Waals surface area contributed by atoms with Crippen LogP contribution in [0.5, 0.6) is 0 Å². The number of methoxy groups -OCH3 is 1. The van der Waals surface area contributed by atoms with Crippen LogP contribution in [0.1, 0.15) is 31.7 Å². The molecule has 0 bridgehead atoms. The van der Waals surface area contributed by atoms with E-state index in [1.807, 2.05) is 24.3 Å². The molecule has 0 radical (unpaired) electrons. The Morgan fingerprint density at radius 1 is 1.33 bits per heavy atom. The number of hydrogen-bond acceptors (Lipinski definition) is 4. The van der Waals surface area contributed by atoms with Gasteiger partial charge < -0.3 is 15.4 Å². The molecule has 2 rings (SSSR count). The topological polar surface area (TPSA) is 67.4 Å². The zero-order chi connectivity index (χ0) is 15.4. The van der Waals surface area contributed by atoms with E-state index in [1.54, 1.807) is 0 Å². The molecule has 1 heterocycles. The molecule has 2 N–H and O–H groups in total.